The Morgan fingerprint density at radius 3 is 2.83 bits per heavy atom. The van der Waals surface area contributed by atoms with E-state index in [0.29, 0.717) is 29.4 Å². The maximum absolute atomic E-state index is 12.1. The predicted molar refractivity (Wildman–Crippen MR) is 64.6 cm³/mol. The minimum atomic E-state index is -0.308. The largest absolute Gasteiger partial charge is 0.493 e. The zero-order valence-corrected chi connectivity index (χ0v) is 10.1. The molecule has 0 aliphatic heterocycles. The molecule has 0 spiro atoms. The van der Waals surface area contributed by atoms with Gasteiger partial charge in [0.15, 0.2) is 0 Å². The molecular weight excluding hydrogens is 234 g/mol. The number of nitrogens with one attached hydrogen (secondary N) is 1. The van der Waals surface area contributed by atoms with Crippen molar-refractivity contribution in [1.29, 1.82) is 0 Å². The molecule has 0 saturated carbocycles. The molecule has 1 aromatic carbocycles. The number of carbonyl (C=O) groups is 1. The van der Waals surface area contributed by atoms with Gasteiger partial charge in [-0.3, -0.25) is 4.79 Å². The minimum Gasteiger partial charge on any atom is -0.493 e. The second kappa shape index (κ2) is 5.31. The number of carbonyl (C=O) groups excluding carboxylic acids is 1. The first-order chi connectivity index (χ1) is 8.72. The number of hydrogen-bond donors (Lipinski definition) is 1. The number of para-hydroxylation sites is 1. The summed E-state index contributed by atoms with van der Waals surface area (Å²) in [4.78, 5) is 12.1. The standard InChI is InChI=1S/C12H13N3O3/c1-3-17-10-7-5-4-6-9(10)12(16)13-11-8(2)14-18-15-11/h4-7H,3H2,1-2H3,(H,13,15,16). The Morgan fingerprint density at radius 1 is 1.39 bits per heavy atom. The Hall–Kier alpha value is -2.37. The molecule has 0 aliphatic rings. The van der Waals surface area contributed by atoms with Crippen molar-refractivity contribution in [2.24, 2.45) is 0 Å². The van der Waals surface area contributed by atoms with Crippen molar-refractivity contribution in [3.63, 3.8) is 0 Å². The molecule has 6 heteroatoms. The van der Waals surface area contributed by atoms with Crippen LogP contribution < -0.4 is 10.1 Å². The molecule has 0 saturated heterocycles. The highest BCUT2D eigenvalue weighted by Crippen LogP contribution is 2.19. The summed E-state index contributed by atoms with van der Waals surface area (Å²) < 4.78 is 9.90. The average Bonchev–Trinajstić information content (AvgIpc) is 2.76. The van der Waals surface area contributed by atoms with Gasteiger partial charge in [0.1, 0.15) is 11.4 Å². The molecule has 1 N–H and O–H groups in total. The normalized spacial score (nSPS) is 10.1. The first-order valence-electron chi connectivity index (χ1n) is 5.54. The van der Waals surface area contributed by atoms with Gasteiger partial charge < -0.3 is 10.1 Å². The molecule has 18 heavy (non-hydrogen) atoms. The second-order valence-corrected chi connectivity index (χ2v) is 3.58. The Balaban J connectivity index is 2.21. The zero-order chi connectivity index (χ0) is 13.0. The highest BCUT2D eigenvalue weighted by Gasteiger charge is 2.15. The van der Waals surface area contributed by atoms with E-state index in [2.05, 4.69) is 20.3 Å². The van der Waals surface area contributed by atoms with Gasteiger partial charge in [0.2, 0.25) is 5.82 Å². The summed E-state index contributed by atoms with van der Waals surface area (Å²) in [5, 5.41) is 9.81. The summed E-state index contributed by atoms with van der Waals surface area (Å²) in [7, 11) is 0. The molecule has 2 aromatic rings. The SMILES string of the molecule is CCOc1ccccc1C(=O)Nc1nonc1C. The Kier molecular flexibility index (Phi) is 3.57. The van der Waals surface area contributed by atoms with Crippen molar-refractivity contribution in [3.8, 4) is 5.75 Å². The van der Waals surface area contributed by atoms with E-state index in [1.54, 1.807) is 25.1 Å². The highest BCUT2D eigenvalue weighted by atomic mass is 16.6. The number of aromatic nitrogens is 2. The van der Waals surface area contributed by atoms with Gasteiger partial charge in [0, 0.05) is 0 Å². The number of anilines is 1. The summed E-state index contributed by atoms with van der Waals surface area (Å²) in [6, 6.07) is 7.01. The second-order valence-electron chi connectivity index (χ2n) is 3.58. The van der Waals surface area contributed by atoms with Gasteiger partial charge in [-0.1, -0.05) is 17.3 Å². The van der Waals surface area contributed by atoms with Crippen molar-refractivity contribution in [1.82, 2.24) is 10.3 Å². The predicted octanol–water partition coefficient (Wildman–Crippen LogP) is 2.03. The summed E-state index contributed by atoms with van der Waals surface area (Å²) >= 11 is 0. The summed E-state index contributed by atoms with van der Waals surface area (Å²) in [5.41, 5.74) is 0.971. The van der Waals surface area contributed by atoms with Crippen LogP contribution in [0.2, 0.25) is 0 Å². The Morgan fingerprint density at radius 2 is 2.17 bits per heavy atom. The first-order valence-corrected chi connectivity index (χ1v) is 5.54. The topological polar surface area (TPSA) is 77.2 Å². The number of nitrogens with zero attached hydrogens (tertiary/aromatic N) is 2. The number of benzene rings is 1. The van der Waals surface area contributed by atoms with Crippen LogP contribution in [-0.4, -0.2) is 22.8 Å². The molecule has 0 fully saturated rings. The maximum Gasteiger partial charge on any atom is 0.260 e. The minimum absolute atomic E-state index is 0.308. The number of amides is 1. The number of hydrogen-bond acceptors (Lipinski definition) is 5. The first kappa shape index (κ1) is 12.1. The van der Waals surface area contributed by atoms with E-state index in [4.69, 9.17) is 4.74 Å². The molecule has 1 heterocycles. The van der Waals surface area contributed by atoms with Crippen LogP contribution in [0.25, 0.3) is 0 Å². The van der Waals surface area contributed by atoms with E-state index in [1.807, 2.05) is 13.0 Å². The fourth-order valence-electron chi connectivity index (χ4n) is 1.46. The van der Waals surface area contributed by atoms with Gasteiger partial charge in [-0.05, 0) is 31.1 Å². The van der Waals surface area contributed by atoms with Gasteiger partial charge in [0.25, 0.3) is 5.91 Å². The third-order valence-electron chi connectivity index (χ3n) is 2.32. The van der Waals surface area contributed by atoms with E-state index in [0.717, 1.165) is 0 Å². The van der Waals surface area contributed by atoms with Crippen LogP contribution in [-0.2, 0) is 0 Å². The van der Waals surface area contributed by atoms with Gasteiger partial charge in [0.05, 0.1) is 12.2 Å². The molecule has 0 bridgehead atoms. The molecule has 0 radical (unpaired) electrons. The van der Waals surface area contributed by atoms with Gasteiger partial charge >= 0.3 is 0 Å². The van der Waals surface area contributed by atoms with E-state index in [-0.39, 0.29) is 5.91 Å². The molecule has 6 nitrogen and oxygen atoms in total. The van der Waals surface area contributed by atoms with E-state index < -0.39 is 0 Å². The van der Waals surface area contributed by atoms with Crippen LogP contribution in [0.15, 0.2) is 28.9 Å². The molecule has 94 valence electrons. The molecule has 2 rings (SSSR count). The number of aryl methyl sites for hydroxylation is 1. The van der Waals surface area contributed by atoms with Crippen molar-refractivity contribution in [2.45, 2.75) is 13.8 Å². The van der Waals surface area contributed by atoms with Crippen LogP contribution >= 0.6 is 0 Å². The van der Waals surface area contributed by atoms with Crippen LogP contribution in [0.4, 0.5) is 5.82 Å². The Bertz CT molecular complexity index is 551. The van der Waals surface area contributed by atoms with Crippen molar-refractivity contribution in [3.05, 3.63) is 35.5 Å². The average molecular weight is 247 g/mol. The van der Waals surface area contributed by atoms with Crippen molar-refractivity contribution in [2.75, 3.05) is 11.9 Å². The maximum atomic E-state index is 12.1. The third-order valence-corrected chi connectivity index (χ3v) is 2.32. The lowest BCUT2D eigenvalue weighted by Crippen LogP contribution is -2.14. The molecule has 0 aliphatic carbocycles. The monoisotopic (exact) mass is 247 g/mol. The third kappa shape index (κ3) is 2.48. The molecular formula is C12H13N3O3. The number of ether oxygens (including phenoxy) is 1. The summed E-state index contributed by atoms with van der Waals surface area (Å²) in [6.07, 6.45) is 0. The fraction of sp³-hybridized carbons (Fsp3) is 0.250. The quantitative estimate of drug-likeness (QED) is 0.894. The lowest BCUT2D eigenvalue weighted by Gasteiger charge is -2.08. The van der Waals surface area contributed by atoms with Crippen LogP contribution in [0.1, 0.15) is 23.0 Å². The smallest absolute Gasteiger partial charge is 0.260 e. The van der Waals surface area contributed by atoms with Crippen LogP contribution in [0, 0.1) is 6.92 Å². The lowest BCUT2D eigenvalue weighted by atomic mass is 10.2. The molecule has 1 amide bonds. The van der Waals surface area contributed by atoms with Crippen molar-refractivity contribution < 1.29 is 14.2 Å². The molecule has 1 aromatic heterocycles. The fourth-order valence-corrected chi connectivity index (χ4v) is 1.46. The van der Waals surface area contributed by atoms with Crippen LogP contribution in [0.3, 0.4) is 0 Å². The molecule has 0 unspecified atom stereocenters. The lowest BCUT2D eigenvalue weighted by molar-refractivity contribution is 0.102. The van der Waals surface area contributed by atoms with E-state index in [9.17, 15) is 4.79 Å². The zero-order valence-electron chi connectivity index (χ0n) is 10.1. The van der Waals surface area contributed by atoms with Crippen LogP contribution in [0.5, 0.6) is 5.75 Å². The van der Waals surface area contributed by atoms with E-state index in [1.165, 1.54) is 0 Å². The highest BCUT2D eigenvalue weighted by molar-refractivity contribution is 6.05. The van der Waals surface area contributed by atoms with Gasteiger partial charge in [-0.15, -0.1) is 0 Å². The number of rotatable bonds is 4. The van der Waals surface area contributed by atoms with Crippen molar-refractivity contribution >= 4 is 11.7 Å². The molecule has 0 atom stereocenters. The summed E-state index contributed by atoms with van der Waals surface area (Å²) in [6.45, 7) is 4.05. The Labute approximate surface area is 104 Å². The van der Waals surface area contributed by atoms with Gasteiger partial charge in [-0.2, -0.15) is 0 Å². The van der Waals surface area contributed by atoms with Gasteiger partial charge in [-0.25, -0.2) is 4.63 Å². The summed E-state index contributed by atoms with van der Waals surface area (Å²) in [5.74, 6) is 0.538. The van der Waals surface area contributed by atoms with E-state index >= 15 is 0 Å².